The van der Waals surface area contributed by atoms with Crippen molar-refractivity contribution in [1.29, 1.82) is 5.26 Å². The van der Waals surface area contributed by atoms with E-state index in [-0.39, 0.29) is 0 Å². The first-order valence-corrected chi connectivity index (χ1v) is 3.20. The van der Waals surface area contributed by atoms with Crippen LogP contribution in [-0.2, 0) is 0 Å². The largest absolute Gasteiger partial charge is 0.281 e. The molecule has 0 unspecified atom stereocenters. The van der Waals surface area contributed by atoms with Gasteiger partial charge in [0.15, 0.2) is 0 Å². The molecule has 0 bridgehead atoms. The molecule has 1 aliphatic rings. The molecule has 0 atom stereocenters. The predicted octanol–water partition coefficient (Wildman–Crippen LogP) is 1.17. The Morgan fingerprint density at radius 3 is 3.12 bits per heavy atom. The van der Waals surface area contributed by atoms with Crippen LogP contribution in [0.15, 0.2) is 16.0 Å². The van der Waals surface area contributed by atoms with Crippen LogP contribution in [0.4, 0.5) is 0 Å². The van der Waals surface area contributed by atoms with Gasteiger partial charge in [-0.05, 0) is 5.41 Å². The van der Waals surface area contributed by atoms with Crippen molar-refractivity contribution in [1.82, 2.24) is 0 Å². The van der Waals surface area contributed by atoms with Crippen molar-refractivity contribution < 1.29 is 0 Å². The standard InChI is InChI=1S/C5H4N2S/c6-1-5-2-7-4-8-3-5/h2-3H,4H2. The van der Waals surface area contributed by atoms with E-state index in [1.165, 1.54) is 0 Å². The third kappa shape index (κ3) is 1.11. The van der Waals surface area contributed by atoms with Crippen LogP contribution in [0, 0.1) is 11.3 Å². The van der Waals surface area contributed by atoms with Crippen LogP contribution < -0.4 is 0 Å². The Kier molecular flexibility index (Phi) is 1.70. The molecule has 0 radical (unpaired) electrons. The molecule has 1 heterocycles. The predicted molar refractivity (Wildman–Crippen MR) is 34.6 cm³/mol. The first-order chi connectivity index (χ1) is 3.93. The number of nitrogens with zero attached hydrogens (tertiary/aromatic N) is 2. The molecule has 0 saturated heterocycles. The third-order valence-corrected chi connectivity index (χ3v) is 1.44. The second-order valence-electron chi connectivity index (χ2n) is 1.29. The summed E-state index contributed by atoms with van der Waals surface area (Å²) in [6.45, 7) is 0. The highest BCUT2D eigenvalue weighted by Crippen LogP contribution is 2.09. The van der Waals surface area contributed by atoms with Gasteiger partial charge in [-0.2, -0.15) is 5.26 Å². The molecule has 0 spiro atoms. The first-order valence-electron chi connectivity index (χ1n) is 2.15. The van der Waals surface area contributed by atoms with E-state index in [1.807, 2.05) is 11.5 Å². The summed E-state index contributed by atoms with van der Waals surface area (Å²) in [6, 6.07) is 1.99. The van der Waals surface area contributed by atoms with Crippen molar-refractivity contribution >= 4 is 18.0 Å². The van der Waals surface area contributed by atoms with E-state index in [0.29, 0.717) is 5.57 Å². The Hall–Kier alpha value is -0.750. The zero-order valence-electron chi connectivity index (χ0n) is 4.16. The lowest BCUT2D eigenvalue weighted by Gasteiger charge is -1.94. The molecule has 8 heavy (non-hydrogen) atoms. The van der Waals surface area contributed by atoms with Gasteiger partial charge in [-0.25, -0.2) is 0 Å². The van der Waals surface area contributed by atoms with Crippen molar-refractivity contribution in [2.24, 2.45) is 4.99 Å². The van der Waals surface area contributed by atoms with E-state index in [9.17, 15) is 0 Å². The number of hydrogen-bond acceptors (Lipinski definition) is 3. The van der Waals surface area contributed by atoms with Crippen molar-refractivity contribution in [2.75, 3.05) is 5.88 Å². The lowest BCUT2D eigenvalue weighted by atomic mass is 10.4. The summed E-state index contributed by atoms with van der Waals surface area (Å²) in [7, 11) is 0. The Labute approximate surface area is 51.9 Å². The van der Waals surface area contributed by atoms with Gasteiger partial charge >= 0.3 is 0 Å². The van der Waals surface area contributed by atoms with Crippen LogP contribution in [0.1, 0.15) is 0 Å². The fourth-order valence-corrected chi connectivity index (χ4v) is 0.920. The average molecular weight is 124 g/mol. The van der Waals surface area contributed by atoms with Crippen LogP contribution >= 0.6 is 11.8 Å². The summed E-state index contributed by atoms with van der Waals surface area (Å²) in [5, 5.41) is 10.1. The van der Waals surface area contributed by atoms with Gasteiger partial charge in [-0.15, -0.1) is 11.8 Å². The molecule has 0 saturated carbocycles. The lowest BCUT2D eigenvalue weighted by Crippen LogP contribution is -1.85. The molecule has 0 N–H and O–H groups in total. The van der Waals surface area contributed by atoms with Gasteiger partial charge in [-0.3, -0.25) is 4.99 Å². The summed E-state index contributed by atoms with van der Waals surface area (Å²) in [5.41, 5.74) is 0.654. The topological polar surface area (TPSA) is 36.1 Å². The van der Waals surface area contributed by atoms with Crippen LogP contribution in [0.3, 0.4) is 0 Å². The molecule has 1 aliphatic heterocycles. The molecule has 40 valence electrons. The fraction of sp³-hybridized carbons (Fsp3) is 0.200. The zero-order chi connectivity index (χ0) is 5.82. The minimum atomic E-state index is 0.654. The number of allylic oxidation sites excluding steroid dienone is 1. The van der Waals surface area contributed by atoms with Crippen molar-refractivity contribution in [3.05, 3.63) is 11.0 Å². The molecule has 0 aromatic heterocycles. The van der Waals surface area contributed by atoms with Gasteiger partial charge in [0, 0.05) is 6.21 Å². The number of aliphatic imine (C=N–C) groups is 1. The highest BCUT2D eigenvalue weighted by atomic mass is 32.2. The SMILES string of the molecule is N#CC1=CSCN=C1. The maximum atomic E-state index is 8.27. The molecular weight excluding hydrogens is 120 g/mol. The molecule has 0 aliphatic carbocycles. The van der Waals surface area contributed by atoms with Gasteiger partial charge < -0.3 is 0 Å². The minimum Gasteiger partial charge on any atom is -0.281 e. The number of rotatable bonds is 0. The van der Waals surface area contributed by atoms with Gasteiger partial charge in [0.1, 0.15) is 6.07 Å². The normalized spacial score (nSPS) is 17.1. The molecular formula is C5H4N2S. The molecule has 2 nitrogen and oxygen atoms in total. The van der Waals surface area contributed by atoms with E-state index in [1.54, 1.807) is 18.0 Å². The van der Waals surface area contributed by atoms with Gasteiger partial charge in [-0.1, -0.05) is 0 Å². The smallest absolute Gasteiger partial charge is 0.101 e. The summed E-state index contributed by atoms with van der Waals surface area (Å²) >= 11 is 1.55. The quantitative estimate of drug-likeness (QED) is 0.486. The number of thioether (sulfide) groups is 1. The van der Waals surface area contributed by atoms with Gasteiger partial charge in [0.05, 0.1) is 11.4 Å². The van der Waals surface area contributed by atoms with E-state index in [0.717, 1.165) is 5.88 Å². The molecule has 1 rings (SSSR count). The maximum absolute atomic E-state index is 8.27. The highest BCUT2D eigenvalue weighted by Gasteiger charge is 1.93. The molecule has 0 fully saturated rings. The van der Waals surface area contributed by atoms with Gasteiger partial charge in [0.25, 0.3) is 0 Å². The van der Waals surface area contributed by atoms with Crippen LogP contribution in [0.2, 0.25) is 0 Å². The summed E-state index contributed by atoms with van der Waals surface area (Å²) in [4.78, 5) is 3.88. The average Bonchev–Trinajstić information content (AvgIpc) is 1.90. The Morgan fingerprint density at radius 1 is 1.88 bits per heavy atom. The summed E-state index contributed by atoms with van der Waals surface area (Å²) in [5.74, 6) is 0.755. The summed E-state index contributed by atoms with van der Waals surface area (Å²) in [6.07, 6.45) is 1.59. The van der Waals surface area contributed by atoms with E-state index in [2.05, 4.69) is 4.99 Å². The van der Waals surface area contributed by atoms with E-state index in [4.69, 9.17) is 5.26 Å². The van der Waals surface area contributed by atoms with Crippen molar-refractivity contribution in [3.8, 4) is 6.07 Å². The molecule has 0 aromatic carbocycles. The van der Waals surface area contributed by atoms with Gasteiger partial charge in [0.2, 0.25) is 0 Å². The van der Waals surface area contributed by atoms with E-state index >= 15 is 0 Å². The Bertz CT molecular complexity index is 175. The van der Waals surface area contributed by atoms with Crippen LogP contribution in [0.25, 0.3) is 0 Å². The van der Waals surface area contributed by atoms with E-state index < -0.39 is 0 Å². The van der Waals surface area contributed by atoms with Crippen molar-refractivity contribution in [3.63, 3.8) is 0 Å². The second-order valence-corrected chi connectivity index (χ2v) is 2.12. The minimum absolute atomic E-state index is 0.654. The summed E-state index contributed by atoms with van der Waals surface area (Å²) < 4.78 is 0. The van der Waals surface area contributed by atoms with Crippen molar-refractivity contribution in [2.45, 2.75) is 0 Å². The van der Waals surface area contributed by atoms with Crippen LogP contribution in [0.5, 0.6) is 0 Å². The van der Waals surface area contributed by atoms with Crippen LogP contribution in [-0.4, -0.2) is 12.1 Å². The Morgan fingerprint density at radius 2 is 2.75 bits per heavy atom. The lowest BCUT2D eigenvalue weighted by molar-refractivity contribution is 1.39. The maximum Gasteiger partial charge on any atom is 0.101 e. The molecule has 0 aromatic rings. The Balaban J connectivity index is 2.68. The third-order valence-electron chi connectivity index (χ3n) is 0.719. The second kappa shape index (κ2) is 2.53. The monoisotopic (exact) mass is 124 g/mol. The highest BCUT2D eigenvalue weighted by molar-refractivity contribution is 8.02. The zero-order valence-corrected chi connectivity index (χ0v) is 4.98. The fourth-order valence-electron chi connectivity index (χ4n) is 0.391. The molecule has 3 heteroatoms. The number of nitriles is 1. The number of hydrogen-bond donors (Lipinski definition) is 0. The molecule has 0 amide bonds. The first kappa shape index (κ1) is 5.39.